The fourth-order valence-corrected chi connectivity index (χ4v) is 3.88. The fourth-order valence-electron chi connectivity index (χ4n) is 3.88. The first-order chi connectivity index (χ1) is 14.8. The molecule has 1 aliphatic carbocycles. The lowest BCUT2D eigenvalue weighted by atomic mass is 10.1. The maximum Gasteiger partial charge on any atom is 0.435 e. The highest BCUT2D eigenvalue weighted by Gasteiger charge is 2.39. The molecule has 0 saturated heterocycles. The molecule has 0 unspecified atom stereocenters. The topological polar surface area (TPSA) is 64.7 Å². The van der Waals surface area contributed by atoms with Gasteiger partial charge in [0.2, 0.25) is 5.91 Å². The predicted molar refractivity (Wildman–Crippen MR) is 105 cm³/mol. The molecule has 3 aromatic rings. The first-order valence-electron chi connectivity index (χ1n) is 10.0. The van der Waals surface area contributed by atoms with Gasteiger partial charge in [0.25, 0.3) is 0 Å². The van der Waals surface area contributed by atoms with E-state index in [1.54, 1.807) is 18.3 Å². The van der Waals surface area contributed by atoms with Crippen LogP contribution in [-0.4, -0.2) is 25.5 Å². The molecule has 2 aromatic heterocycles. The zero-order valence-corrected chi connectivity index (χ0v) is 16.6. The van der Waals surface area contributed by atoms with Crippen LogP contribution in [0.25, 0.3) is 0 Å². The molecule has 0 radical (unpaired) electrons. The van der Waals surface area contributed by atoms with Gasteiger partial charge in [0.1, 0.15) is 12.4 Å². The number of carbonyl (C=O) groups excluding carboxylic acids is 1. The van der Waals surface area contributed by atoms with Crippen molar-refractivity contribution in [3.05, 3.63) is 65.0 Å². The largest absolute Gasteiger partial charge is 0.435 e. The Bertz CT molecular complexity index is 1090. The average molecular weight is 435 g/mol. The van der Waals surface area contributed by atoms with Crippen LogP contribution in [0.15, 0.2) is 36.7 Å². The molecule has 1 aromatic carbocycles. The van der Waals surface area contributed by atoms with E-state index in [2.05, 4.69) is 15.5 Å². The molecule has 0 aliphatic heterocycles. The van der Waals surface area contributed by atoms with E-state index in [1.165, 1.54) is 27.7 Å². The number of anilines is 1. The normalized spacial score (nSPS) is 14.2. The SMILES string of the molecule is O=C(Cn1nc(C(F)(F)F)c2c1CCCCC2)Nc1cnn(Cc2cccc(F)c2)c1. The van der Waals surface area contributed by atoms with Crippen LogP contribution in [0.2, 0.25) is 0 Å². The Balaban J connectivity index is 1.46. The Morgan fingerprint density at radius 1 is 1.16 bits per heavy atom. The molecule has 1 aliphatic rings. The number of fused-ring (bicyclic) bond motifs is 1. The summed E-state index contributed by atoms with van der Waals surface area (Å²) >= 11 is 0. The summed E-state index contributed by atoms with van der Waals surface area (Å²) in [6.07, 6.45) is 1.55. The van der Waals surface area contributed by atoms with E-state index in [4.69, 9.17) is 0 Å². The molecule has 31 heavy (non-hydrogen) atoms. The number of benzene rings is 1. The molecule has 0 spiro atoms. The summed E-state index contributed by atoms with van der Waals surface area (Å²) in [5.74, 6) is -0.844. The number of nitrogens with one attached hydrogen (secondary N) is 1. The van der Waals surface area contributed by atoms with Crippen molar-refractivity contribution in [3.63, 3.8) is 0 Å². The van der Waals surface area contributed by atoms with Crippen LogP contribution in [0.1, 0.15) is 41.8 Å². The Hall–Kier alpha value is -3.17. The average Bonchev–Trinajstić information content (AvgIpc) is 3.17. The van der Waals surface area contributed by atoms with Gasteiger partial charge in [-0.2, -0.15) is 23.4 Å². The highest BCUT2D eigenvalue weighted by Crippen LogP contribution is 2.35. The predicted octanol–water partition coefficient (Wildman–Crippen LogP) is 4.19. The van der Waals surface area contributed by atoms with Gasteiger partial charge in [-0.05, 0) is 43.4 Å². The van der Waals surface area contributed by atoms with Gasteiger partial charge in [-0.25, -0.2) is 4.39 Å². The van der Waals surface area contributed by atoms with Crippen molar-refractivity contribution >= 4 is 11.6 Å². The summed E-state index contributed by atoms with van der Waals surface area (Å²) in [4.78, 5) is 12.5. The second-order valence-electron chi connectivity index (χ2n) is 7.59. The summed E-state index contributed by atoms with van der Waals surface area (Å²) in [6.45, 7) is 0.00271. The van der Waals surface area contributed by atoms with Gasteiger partial charge in [-0.3, -0.25) is 14.2 Å². The second-order valence-corrected chi connectivity index (χ2v) is 7.59. The zero-order chi connectivity index (χ0) is 22.0. The van der Waals surface area contributed by atoms with E-state index < -0.39 is 17.8 Å². The van der Waals surface area contributed by atoms with Gasteiger partial charge < -0.3 is 5.32 Å². The molecular weight excluding hydrogens is 414 g/mol. The Kier molecular flexibility index (Phi) is 5.79. The van der Waals surface area contributed by atoms with Crippen molar-refractivity contribution in [3.8, 4) is 0 Å². The molecule has 1 amide bonds. The molecule has 1 N–H and O–H groups in total. The van der Waals surface area contributed by atoms with E-state index in [1.807, 2.05) is 0 Å². The lowest BCUT2D eigenvalue weighted by Crippen LogP contribution is -2.21. The Morgan fingerprint density at radius 2 is 1.97 bits per heavy atom. The minimum Gasteiger partial charge on any atom is -0.322 e. The van der Waals surface area contributed by atoms with Crippen LogP contribution in [0.3, 0.4) is 0 Å². The molecule has 0 bridgehead atoms. The zero-order valence-electron chi connectivity index (χ0n) is 16.6. The third kappa shape index (κ3) is 4.95. The molecule has 10 heteroatoms. The fraction of sp³-hybridized carbons (Fsp3) is 0.381. The van der Waals surface area contributed by atoms with E-state index in [0.717, 1.165) is 12.8 Å². The molecule has 2 heterocycles. The summed E-state index contributed by atoms with van der Waals surface area (Å²) in [5, 5.41) is 10.5. The second kappa shape index (κ2) is 8.52. The van der Waals surface area contributed by atoms with Crippen LogP contribution in [-0.2, 0) is 36.9 Å². The van der Waals surface area contributed by atoms with Gasteiger partial charge in [0, 0.05) is 17.5 Å². The monoisotopic (exact) mass is 435 g/mol. The minimum absolute atomic E-state index is 0.209. The quantitative estimate of drug-likeness (QED) is 0.483. The van der Waals surface area contributed by atoms with Gasteiger partial charge in [-0.15, -0.1) is 0 Å². The molecule has 0 atom stereocenters. The molecular formula is C21H21F4N5O. The number of aromatic nitrogens is 4. The molecule has 6 nitrogen and oxygen atoms in total. The van der Waals surface area contributed by atoms with Crippen LogP contribution in [0.5, 0.6) is 0 Å². The minimum atomic E-state index is -4.55. The number of hydrogen-bond donors (Lipinski definition) is 1. The van der Waals surface area contributed by atoms with Crippen molar-refractivity contribution in [2.24, 2.45) is 0 Å². The number of hydrogen-bond acceptors (Lipinski definition) is 3. The van der Waals surface area contributed by atoms with Crippen LogP contribution in [0, 0.1) is 5.82 Å². The van der Waals surface area contributed by atoms with Crippen LogP contribution >= 0.6 is 0 Å². The van der Waals surface area contributed by atoms with Gasteiger partial charge in [0.15, 0.2) is 5.69 Å². The molecule has 0 fully saturated rings. The van der Waals surface area contributed by atoms with Gasteiger partial charge in [-0.1, -0.05) is 18.6 Å². The lowest BCUT2D eigenvalue weighted by Gasteiger charge is -2.07. The van der Waals surface area contributed by atoms with Crippen molar-refractivity contribution in [1.82, 2.24) is 19.6 Å². The van der Waals surface area contributed by atoms with E-state index >= 15 is 0 Å². The van der Waals surface area contributed by atoms with Gasteiger partial charge >= 0.3 is 6.18 Å². The van der Waals surface area contributed by atoms with Crippen molar-refractivity contribution in [1.29, 1.82) is 0 Å². The van der Waals surface area contributed by atoms with Crippen molar-refractivity contribution < 1.29 is 22.4 Å². The number of nitrogens with zero attached hydrogens (tertiary/aromatic N) is 4. The summed E-state index contributed by atoms with van der Waals surface area (Å²) in [5.41, 5.74) is 0.915. The van der Waals surface area contributed by atoms with E-state index in [-0.39, 0.29) is 17.9 Å². The third-order valence-corrected chi connectivity index (χ3v) is 5.22. The highest BCUT2D eigenvalue weighted by atomic mass is 19.4. The number of halogens is 4. The third-order valence-electron chi connectivity index (χ3n) is 5.22. The number of rotatable bonds is 5. The summed E-state index contributed by atoms with van der Waals surface area (Å²) in [7, 11) is 0. The highest BCUT2D eigenvalue weighted by molar-refractivity contribution is 5.90. The summed E-state index contributed by atoms with van der Waals surface area (Å²) < 4.78 is 56.2. The smallest absolute Gasteiger partial charge is 0.322 e. The number of carbonyl (C=O) groups is 1. The maximum absolute atomic E-state index is 13.4. The molecule has 164 valence electrons. The maximum atomic E-state index is 13.4. The lowest BCUT2D eigenvalue weighted by molar-refractivity contribution is -0.142. The first kappa shape index (κ1) is 21.1. The first-order valence-corrected chi connectivity index (χ1v) is 10.0. The number of amides is 1. The number of alkyl halides is 3. The molecule has 0 saturated carbocycles. The standard InChI is InChI=1S/C21H21F4N5O/c22-15-6-4-5-14(9-15)11-29-12-16(10-26-29)27-19(31)13-30-18-8-3-1-2-7-17(18)20(28-30)21(23,24)25/h4-6,9-10,12H,1-3,7-8,11,13H2,(H,27,31). The van der Waals surface area contributed by atoms with Crippen LogP contribution in [0.4, 0.5) is 23.2 Å². The Labute approximate surface area is 175 Å². The summed E-state index contributed by atoms with van der Waals surface area (Å²) in [6, 6.07) is 6.09. The van der Waals surface area contributed by atoms with Crippen molar-refractivity contribution in [2.45, 2.75) is 51.4 Å². The van der Waals surface area contributed by atoms with Crippen molar-refractivity contribution in [2.75, 3.05) is 5.32 Å². The van der Waals surface area contributed by atoms with E-state index in [9.17, 15) is 22.4 Å². The van der Waals surface area contributed by atoms with E-state index in [0.29, 0.717) is 42.8 Å². The molecule has 4 rings (SSSR count). The Morgan fingerprint density at radius 3 is 2.74 bits per heavy atom. The van der Waals surface area contributed by atoms with Gasteiger partial charge in [0.05, 0.1) is 18.4 Å². The van der Waals surface area contributed by atoms with Crippen LogP contribution < -0.4 is 5.32 Å².